The number of hydrogen-bond acceptors (Lipinski definition) is 2. The fraction of sp³-hybridized carbons (Fsp3) is 0.118. The van der Waals surface area contributed by atoms with Crippen LogP contribution < -0.4 is 11.3 Å². The molecule has 2 aromatic heterocycles. The molecule has 0 fully saturated rings. The molecule has 0 spiro atoms. The van der Waals surface area contributed by atoms with Gasteiger partial charge in [0.05, 0.1) is 0 Å². The quantitative estimate of drug-likeness (QED) is 0.785. The van der Waals surface area contributed by atoms with E-state index in [0.717, 1.165) is 11.1 Å². The molecule has 0 aliphatic heterocycles. The van der Waals surface area contributed by atoms with Crippen LogP contribution in [-0.2, 0) is 0 Å². The van der Waals surface area contributed by atoms with Crippen LogP contribution in [0.15, 0.2) is 59.5 Å². The van der Waals surface area contributed by atoms with Crippen molar-refractivity contribution in [2.45, 2.75) is 13.0 Å². The Labute approximate surface area is 121 Å². The molecule has 0 saturated carbocycles. The molecular formula is C17H15FN2O. The lowest BCUT2D eigenvalue weighted by Gasteiger charge is -2.10. The second-order valence-corrected chi connectivity index (χ2v) is 5.11. The van der Waals surface area contributed by atoms with Crippen LogP contribution >= 0.6 is 0 Å². The van der Waals surface area contributed by atoms with Gasteiger partial charge in [0, 0.05) is 34.9 Å². The molecule has 4 heteroatoms. The number of aromatic nitrogens is 1. The fourth-order valence-electron chi connectivity index (χ4n) is 2.36. The molecule has 106 valence electrons. The zero-order chi connectivity index (χ0) is 15.0. The van der Waals surface area contributed by atoms with Gasteiger partial charge in [-0.1, -0.05) is 24.3 Å². The van der Waals surface area contributed by atoms with Gasteiger partial charge in [-0.05, 0) is 30.7 Å². The predicted octanol–water partition coefficient (Wildman–Crippen LogP) is 3.13. The first-order valence-electron chi connectivity index (χ1n) is 6.73. The maximum Gasteiger partial charge on any atom is 0.255 e. The van der Waals surface area contributed by atoms with Gasteiger partial charge >= 0.3 is 0 Å². The van der Waals surface area contributed by atoms with Crippen molar-refractivity contribution in [1.82, 2.24) is 4.40 Å². The molecule has 0 amide bonds. The van der Waals surface area contributed by atoms with Gasteiger partial charge in [0.25, 0.3) is 5.56 Å². The Balaban J connectivity index is 2.22. The van der Waals surface area contributed by atoms with Crippen LogP contribution in [0.1, 0.15) is 18.5 Å². The lowest BCUT2D eigenvalue weighted by Crippen LogP contribution is -2.16. The summed E-state index contributed by atoms with van der Waals surface area (Å²) < 4.78 is 15.3. The minimum absolute atomic E-state index is 0.169. The third-order valence-corrected chi connectivity index (χ3v) is 3.53. The number of nitrogens with two attached hydrogens (primary N) is 1. The smallest absolute Gasteiger partial charge is 0.255 e. The average Bonchev–Trinajstić information content (AvgIpc) is 2.47. The van der Waals surface area contributed by atoms with Gasteiger partial charge in [-0.25, -0.2) is 4.39 Å². The molecule has 3 aromatic rings. The van der Waals surface area contributed by atoms with Gasteiger partial charge in [0.15, 0.2) is 0 Å². The van der Waals surface area contributed by atoms with Gasteiger partial charge in [-0.2, -0.15) is 0 Å². The van der Waals surface area contributed by atoms with E-state index >= 15 is 0 Å². The van der Waals surface area contributed by atoms with Crippen molar-refractivity contribution in [3.8, 4) is 11.1 Å². The number of benzene rings is 1. The number of pyridine rings is 2. The Morgan fingerprint density at radius 1 is 1.14 bits per heavy atom. The summed E-state index contributed by atoms with van der Waals surface area (Å²) in [5.41, 5.74) is 8.32. The monoisotopic (exact) mass is 282 g/mol. The van der Waals surface area contributed by atoms with Crippen LogP contribution in [0.25, 0.3) is 16.6 Å². The molecule has 0 saturated heterocycles. The minimum atomic E-state index is -0.308. The lowest BCUT2D eigenvalue weighted by atomic mass is 10.1. The largest absolute Gasteiger partial charge is 0.324 e. The van der Waals surface area contributed by atoms with Crippen LogP contribution in [0.5, 0.6) is 0 Å². The highest BCUT2D eigenvalue weighted by Crippen LogP contribution is 2.23. The molecule has 1 aromatic carbocycles. The minimum Gasteiger partial charge on any atom is -0.324 e. The highest BCUT2D eigenvalue weighted by molar-refractivity contribution is 5.66. The van der Waals surface area contributed by atoms with Crippen LogP contribution in [0.2, 0.25) is 0 Å². The molecule has 3 rings (SSSR count). The van der Waals surface area contributed by atoms with Crippen molar-refractivity contribution in [3.05, 3.63) is 76.5 Å². The SMILES string of the molecule is CC(N)c1cc(=O)n2cc(-c3ccccc3F)ccc2c1. The molecule has 3 nitrogen and oxygen atoms in total. The molecule has 2 heterocycles. The Hall–Kier alpha value is -2.46. The Bertz CT molecular complexity index is 868. The Morgan fingerprint density at radius 2 is 1.90 bits per heavy atom. The number of rotatable bonds is 2. The summed E-state index contributed by atoms with van der Waals surface area (Å²) in [7, 11) is 0. The fourth-order valence-corrected chi connectivity index (χ4v) is 2.36. The number of nitrogens with zero attached hydrogens (tertiary/aromatic N) is 1. The third kappa shape index (κ3) is 2.45. The van der Waals surface area contributed by atoms with Crippen LogP contribution in [0, 0.1) is 5.82 Å². The van der Waals surface area contributed by atoms with E-state index in [1.165, 1.54) is 16.5 Å². The second kappa shape index (κ2) is 5.14. The van der Waals surface area contributed by atoms with E-state index in [4.69, 9.17) is 5.73 Å². The van der Waals surface area contributed by atoms with E-state index in [-0.39, 0.29) is 17.4 Å². The van der Waals surface area contributed by atoms with E-state index in [2.05, 4.69) is 0 Å². The molecule has 0 radical (unpaired) electrons. The third-order valence-electron chi connectivity index (χ3n) is 3.53. The van der Waals surface area contributed by atoms with Crippen LogP contribution in [0.3, 0.4) is 0 Å². The summed E-state index contributed by atoms with van der Waals surface area (Å²) in [5, 5.41) is 0. The van der Waals surface area contributed by atoms with Crippen LogP contribution in [0.4, 0.5) is 4.39 Å². The van der Waals surface area contributed by atoms with E-state index in [0.29, 0.717) is 11.1 Å². The van der Waals surface area contributed by atoms with Crippen molar-refractivity contribution >= 4 is 5.52 Å². The van der Waals surface area contributed by atoms with Gasteiger partial charge in [0.2, 0.25) is 0 Å². The lowest BCUT2D eigenvalue weighted by molar-refractivity contribution is 0.631. The van der Waals surface area contributed by atoms with E-state index < -0.39 is 0 Å². The maximum atomic E-state index is 13.8. The second-order valence-electron chi connectivity index (χ2n) is 5.11. The van der Waals surface area contributed by atoms with Gasteiger partial charge in [-0.15, -0.1) is 0 Å². The summed E-state index contributed by atoms with van der Waals surface area (Å²) in [4.78, 5) is 12.2. The standard InChI is InChI=1S/C17H15FN2O/c1-11(19)13-8-14-7-6-12(10-20(14)17(21)9-13)15-4-2-3-5-16(15)18/h2-11H,19H2,1H3. The van der Waals surface area contributed by atoms with Crippen molar-refractivity contribution in [3.63, 3.8) is 0 Å². The van der Waals surface area contributed by atoms with Crippen LogP contribution in [-0.4, -0.2) is 4.40 Å². The van der Waals surface area contributed by atoms with Gasteiger partial charge < -0.3 is 5.73 Å². The number of fused-ring (bicyclic) bond motifs is 1. The molecule has 2 N–H and O–H groups in total. The van der Waals surface area contributed by atoms with Crippen molar-refractivity contribution in [2.24, 2.45) is 5.73 Å². The molecule has 1 unspecified atom stereocenters. The summed E-state index contributed by atoms with van der Waals surface area (Å²) in [6, 6.07) is 13.3. The molecule has 0 bridgehead atoms. The molecule has 1 atom stereocenters. The molecule has 0 aliphatic carbocycles. The molecule has 0 aliphatic rings. The van der Waals surface area contributed by atoms with Crippen molar-refractivity contribution in [2.75, 3.05) is 0 Å². The first kappa shape index (κ1) is 13.5. The van der Waals surface area contributed by atoms with Gasteiger partial charge in [-0.3, -0.25) is 9.20 Å². The van der Waals surface area contributed by atoms with E-state index in [1.54, 1.807) is 36.5 Å². The first-order chi connectivity index (χ1) is 10.1. The topological polar surface area (TPSA) is 47.5 Å². The summed E-state index contributed by atoms with van der Waals surface area (Å²) in [6.07, 6.45) is 1.65. The summed E-state index contributed by atoms with van der Waals surface area (Å²) in [6.45, 7) is 1.83. The number of hydrogen-bond donors (Lipinski definition) is 1. The molecule has 21 heavy (non-hydrogen) atoms. The highest BCUT2D eigenvalue weighted by atomic mass is 19.1. The Kier molecular flexibility index (Phi) is 3.31. The first-order valence-corrected chi connectivity index (χ1v) is 6.73. The maximum absolute atomic E-state index is 13.8. The molecular weight excluding hydrogens is 267 g/mol. The summed E-state index contributed by atoms with van der Waals surface area (Å²) in [5.74, 6) is -0.308. The summed E-state index contributed by atoms with van der Waals surface area (Å²) >= 11 is 0. The average molecular weight is 282 g/mol. The van der Waals surface area contributed by atoms with E-state index in [1.807, 2.05) is 13.0 Å². The van der Waals surface area contributed by atoms with Crippen molar-refractivity contribution in [1.29, 1.82) is 0 Å². The zero-order valence-corrected chi connectivity index (χ0v) is 11.6. The van der Waals surface area contributed by atoms with Gasteiger partial charge in [0.1, 0.15) is 5.82 Å². The highest BCUT2D eigenvalue weighted by Gasteiger charge is 2.08. The zero-order valence-electron chi connectivity index (χ0n) is 11.6. The Morgan fingerprint density at radius 3 is 2.62 bits per heavy atom. The van der Waals surface area contributed by atoms with E-state index in [9.17, 15) is 9.18 Å². The predicted molar refractivity (Wildman–Crippen MR) is 81.7 cm³/mol. The number of halogens is 1. The normalized spacial score (nSPS) is 12.5. The van der Waals surface area contributed by atoms with Crippen molar-refractivity contribution < 1.29 is 4.39 Å².